The molecule has 0 bridgehead atoms. The number of aliphatic imine (C=N–C) groups is 1. The topological polar surface area (TPSA) is 77.0 Å². The molecule has 7 heteroatoms. The molecule has 0 spiro atoms. The van der Waals surface area contributed by atoms with Gasteiger partial charge in [-0.15, -0.1) is 0 Å². The molecule has 0 saturated carbocycles. The van der Waals surface area contributed by atoms with Crippen LogP contribution in [-0.4, -0.2) is 36.8 Å². The van der Waals surface area contributed by atoms with Crippen LogP contribution in [0.25, 0.3) is 0 Å². The number of nitrogens with zero attached hydrogens (tertiary/aromatic N) is 1. The number of hydrogen-bond donors (Lipinski definition) is 1. The van der Waals surface area contributed by atoms with E-state index in [9.17, 15) is 9.59 Å². The molecule has 0 fully saturated rings. The first-order valence-electron chi connectivity index (χ1n) is 9.19. The van der Waals surface area contributed by atoms with Crippen LogP contribution in [0, 0.1) is 0 Å². The SMILES string of the molecule is CCOC(=O)C1(NC(=O)Cc2cccc(Oc3ccccc3)c2)C=C(Cl)C=NC1. The molecule has 1 unspecified atom stereocenters. The van der Waals surface area contributed by atoms with Gasteiger partial charge in [-0.05, 0) is 42.8 Å². The maximum absolute atomic E-state index is 12.7. The minimum Gasteiger partial charge on any atom is -0.464 e. The second-order valence-corrected chi connectivity index (χ2v) is 6.91. The molecule has 150 valence electrons. The number of para-hydroxylation sites is 1. The molecule has 2 aromatic rings. The second-order valence-electron chi connectivity index (χ2n) is 6.48. The van der Waals surface area contributed by atoms with Gasteiger partial charge in [-0.3, -0.25) is 9.79 Å². The van der Waals surface area contributed by atoms with Crippen LogP contribution >= 0.6 is 11.6 Å². The van der Waals surface area contributed by atoms with Gasteiger partial charge in [0.05, 0.1) is 24.6 Å². The zero-order chi connectivity index (χ0) is 20.7. The minimum atomic E-state index is -1.41. The Labute approximate surface area is 174 Å². The number of nitrogens with one attached hydrogen (secondary N) is 1. The molecule has 1 amide bonds. The lowest BCUT2D eigenvalue weighted by atomic mass is 9.96. The third-order valence-corrected chi connectivity index (χ3v) is 4.39. The molecule has 0 saturated heterocycles. The number of halogens is 1. The molecular weight excluding hydrogens is 392 g/mol. The van der Waals surface area contributed by atoms with Crippen LogP contribution in [0.2, 0.25) is 0 Å². The lowest BCUT2D eigenvalue weighted by molar-refractivity contribution is -0.150. The summed E-state index contributed by atoms with van der Waals surface area (Å²) in [5.74, 6) is 0.374. The van der Waals surface area contributed by atoms with Crippen molar-refractivity contribution in [3.63, 3.8) is 0 Å². The summed E-state index contributed by atoms with van der Waals surface area (Å²) < 4.78 is 10.9. The number of hydrogen-bond acceptors (Lipinski definition) is 5. The zero-order valence-electron chi connectivity index (χ0n) is 15.9. The average molecular weight is 413 g/mol. The summed E-state index contributed by atoms with van der Waals surface area (Å²) in [5, 5.41) is 3.00. The van der Waals surface area contributed by atoms with Crippen LogP contribution in [-0.2, 0) is 20.7 Å². The van der Waals surface area contributed by atoms with Crippen LogP contribution in [0.5, 0.6) is 11.5 Å². The molecule has 1 N–H and O–H groups in total. The Morgan fingerprint density at radius 2 is 1.90 bits per heavy atom. The van der Waals surface area contributed by atoms with E-state index in [1.807, 2.05) is 48.5 Å². The van der Waals surface area contributed by atoms with Crippen LogP contribution < -0.4 is 10.1 Å². The molecule has 29 heavy (non-hydrogen) atoms. The van der Waals surface area contributed by atoms with E-state index in [-0.39, 0.29) is 30.5 Å². The first-order chi connectivity index (χ1) is 14.0. The van der Waals surface area contributed by atoms with Crippen molar-refractivity contribution >= 4 is 29.7 Å². The number of carbonyl (C=O) groups is 2. The van der Waals surface area contributed by atoms with Gasteiger partial charge in [0.15, 0.2) is 5.54 Å². The van der Waals surface area contributed by atoms with Crippen LogP contribution in [0.4, 0.5) is 0 Å². The number of dihydropyridines is 1. The molecule has 1 heterocycles. The van der Waals surface area contributed by atoms with Gasteiger partial charge in [-0.2, -0.15) is 0 Å². The highest BCUT2D eigenvalue weighted by molar-refractivity contribution is 6.39. The van der Waals surface area contributed by atoms with Crippen molar-refractivity contribution < 1.29 is 19.1 Å². The summed E-state index contributed by atoms with van der Waals surface area (Å²) in [7, 11) is 0. The third kappa shape index (κ3) is 5.45. The average Bonchev–Trinajstić information content (AvgIpc) is 2.69. The number of ether oxygens (including phenoxy) is 2. The van der Waals surface area contributed by atoms with E-state index >= 15 is 0 Å². The first kappa shape index (κ1) is 20.6. The summed E-state index contributed by atoms with van der Waals surface area (Å²) in [6, 6.07) is 16.6. The molecule has 6 nitrogen and oxygen atoms in total. The van der Waals surface area contributed by atoms with E-state index in [2.05, 4.69) is 10.3 Å². The molecule has 3 rings (SSSR count). The number of rotatable bonds is 7. The highest BCUT2D eigenvalue weighted by atomic mass is 35.5. The lowest BCUT2D eigenvalue weighted by Crippen LogP contribution is -2.57. The molecule has 1 aliphatic heterocycles. The Morgan fingerprint density at radius 1 is 1.14 bits per heavy atom. The van der Waals surface area contributed by atoms with E-state index in [4.69, 9.17) is 21.1 Å². The fourth-order valence-electron chi connectivity index (χ4n) is 2.93. The molecule has 2 aromatic carbocycles. The standard InChI is InChI=1S/C22H21ClN2O4/c1-2-28-21(27)22(13-17(23)14-24-15-22)25-20(26)12-16-7-6-10-19(11-16)29-18-8-4-3-5-9-18/h3-11,13-14H,2,12,15H2,1H3,(H,25,26). The van der Waals surface area contributed by atoms with E-state index in [0.717, 1.165) is 5.56 Å². The van der Waals surface area contributed by atoms with Crippen LogP contribution in [0.1, 0.15) is 12.5 Å². The number of carbonyl (C=O) groups excluding carboxylic acids is 2. The summed E-state index contributed by atoms with van der Waals surface area (Å²) >= 11 is 6.02. The van der Waals surface area contributed by atoms with E-state index in [1.165, 1.54) is 12.3 Å². The van der Waals surface area contributed by atoms with Gasteiger partial charge in [-0.25, -0.2) is 4.79 Å². The van der Waals surface area contributed by atoms with Gasteiger partial charge in [0.25, 0.3) is 0 Å². The maximum Gasteiger partial charge on any atom is 0.337 e. The molecular formula is C22H21ClN2O4. The number of amides is 1. The summed E-state index contributed by atoms with van der Waals surface area (Å²) in [6.45, 7) is 1.92. The number of benzene rings is 2. The second kappa shape index (κ2) is 9.39. The zero-order valence-corrected chi connectivity index (χ0v) is 16.7. The Morgan fingerprint density at radius 3 is 2.62 bits per heavy atom. The molecule has 0 aliphatic carbocycles. The first-order valence-corrected chi connectivity index (χ1v) is 9.57. The lowest BCUT2D eigenvalue weighted by Gasteiger charge is -2.29. The third-order valence-electron chi connectivity index (χ3n) is 4.18. The van der Waals surface area contributed by atoms with Crippen molar-refractivity contribution in [1.82, 2.24) is 5.32 Å². The van der Waals surface area contributed by atoms with Gasteiger partial charge >= 0.3 is 5.97 Å². The van der Waals surface area contributed by atoms with Crippen molar-refractivity contribution in [2.75, 3.05) is 13.2 Å². The Hall–Kier alpha value is -3.12. The van der Waals surface area contributed by atoms with E-state index < -0.39 is 11.5 Å². The van der Waals surface area contributed by atoms with Gasteiger partial charge in [-0.1, -0.05) is 41.9 Å². The van der Waals surface area contributed by atoms with Crippen molar-refractivity contribution in [2.24, 2.45) is 4.99 Å². The predicted molar refractivity (Wildman–Crippen MR) is 111 cm³/mol. The minimum absolute atomic E-state index is 0.0327. The monoisotopic (exact) mass is 412 g/mol. The molecule has 0 aromatic heterocycles. The summed E-state index contributed by atoms with van der Waals surface area (Å²) in [4.78, 5) is 29.2. The Bertz CT molecular complexity index is 943. The number of esters is 1. The highest BCUT2D eigenvalue weighted by Crippen LogP contribution is 2.23. The predicted octanol–water partition coefficient (Wildman–Crippen LogP) is 3.65. The van der Waals surface area contributed by atoms with Crippen LogP contribution in [0.15, 0.2) is 70.7 Å². The molecule has 1 aliphatic rings. The molecule has 0 radical (unpaired) electrons. The largest absolute Gasteiger partial charge is 0.464 e. The van der Waals surface area contributed by atoms with Gasteiger partial charge in [0, 0.05) is 6.21 Å². The summed E-state index contributed by atoms with van der Waals surface area (Å²) in [6.07, 6.45) is 2.96. The number of allylic oxidation sites excluding steroid dienone is 1. The van der Waals surface area contributed by atoms with Crippen molar-refractivity contribution in [3.05, 3.63) is 71.3 Å². The van der Waals surface area contributed by atoms with Gasteiger partial charge in [0.1, 0.15) is 11.5 Å². The smallest absolute Gasteiger partial charge is 0.337 e. The van der Waals surface area contributed by atoms with Crippen molar-refractivity contribution in [3.8, 4) is 11.5 Å². The quantitative estimate of drug-likeness (QED) is 0.704. The van der Waals surface area contributed by atoms with E-state index in [0.29, 0.717) is 11.5 Å². The Kier molecular flexibility index (Phi) is 6.67. The van der Waals surface area contributed by atoms with E-state index in [1.54, 1.807) is 13.0 Å². The fourth-order valence-corrected chi connectivity index (χ4v) is 3.18. The fraction of sp³-hybridized carbons (Fsp3) is 0.227. The van der Waals surface area contributed by atoms with Crippen LogP contribution in [0.3, 0.4) is 0 Å². The molecule has 1 atom stereocenters. The summed E-state index contributed by atoms with van der Waals surface area (Å²) in [5.41, 5.74) is -0.666. The Balaban J connectivity index is 1.71. The maximum atomic E-state index is 12.7. The van der Waals surface area contributed by atoms with Gasteiger partial charge in [0.2, 0.25) is 5.91 Å². The normalized spacial score (nSPS) is 17.9. The van der Waals surface area contributed by atoms with Crippen molar-refractivity contribution in [1.29, 1.82) is 0 Å². The van der Waals surface area contributed by atoms with Crippen molar-refractivity contribution in [2.45, 2.75) is 18.9 Å². The van der Waals surface area contributed by atoms with Gasteiger partial charge < -0.3 is 14.8 Å². The highest BCUT2D eigenvalue weighted by Gasteiger charge is 2.41.